The van der Waals surface area contributed by atoms with E-state index in [1.54, 1.807) is 18.2 Å². The molecule has 0 aliphatic rings. The SMILES string of the molecule is N#CCC(=O)COc1ccc(Cl)cc1Cl. The van der Waals surface area contributed by atoms with Gasteiger partial charge in [0.05, 0.1) is 17.5 Å². The molecule has 0 aliphatic heterocycles. The van der Waals surface area contributed by atoms with Gasteiger partial charge in [0.2, 0.25) is 0 Å². The van der Waals surface area contributed by atoms with Gasteiger partial charge in [-0.05, 0) is 18.2 Å². The van der Waals surface area contributed by atoms with Gasteiger partial charge in [0.15, 0.2) is 5.78 Å². The first-order chi connectivity index (χ1) is 7.13. The smallest absolute Gasteiger partial charge is 0.184 e. The fraction of sp³-hybridized carbons (Fsp3) is 0.200. The molecule has 1 rings (SSSR count). The summed E-state index contributed by atoms with van der Waals surface area (Å²) < 4.78 is 5.11. The van der Waals surface area contributed by atoms with Crippen molar-refractivity contribution in [2.24, 2.45) is 0 Å². The van der Waals surface area contributed by atoms with Crippen molar-refractivity contribution in [2.45, 2.75) is 6.42 Å². The van der Waals surface area contributed by atoms with Gasteiger partial charge in [-0.15, -0.1) is 0 Å². The zero-order valence-corrected chi connectivity index (χ0v) is 9.18. The molecule has 0 fully saturated rings. The molecule has 0 aromatic heterocycles. The van der Waals surface area contributed by atoms with Gasteiger partial charge in [0.1, 0.15) is 12.4 Å². The lowest BCUT2D eigenvalue weighted by Gasteiger charge is -2.05. The third kappa shape index (κ3) is 3.78. The van der Waals surface area contributed by atoms with Crippen molar-refractivity contribution in [3.05, 3.63) is 28.2 Å². The van der Waals surface area contributed by atoms with Crippen molar-refractivity contribution in [3.8, 4) is 11.8 Å². The third-order valence-electron chi connectivity index (χ3n) is 1.56. The Balaban J connectivity index is 2.59. The van der Waals surface area contributed by atoms with Crippen molar-refractivity contribution in [1.82, 2.24) is 0 Å². The standard InChI is InChI=1S/C10H7Cl2NO2/c11-7-1-2-10(9(12)5-7)15-6-8(14)3-4-13/h1-2,5H,3,6H2. The van der Waals surface area contributed by atoms with E-state index in [4.69, 9.17) is 33.2 Å². The fourth-order valence-electron chi connectivity index (χ4n) is 0.890. The van der Waals surface area contributed by atoms with Crippen molar-refractivity contribution < 1.29 is 9.53 Å². The minimum Gasteiger partial charge on any atom is -0.484 e. The van der Waals surface area contributed by atoms with E-state index >= 15 is 0 Å². The van der Waals surface area contributed by atoms with Crippen molar-refractivity contribution in [2.75, 3.05) is 6.61 Å². The average molecular weight is 244 g/mol. The summed E-state index contributed by atoms with van der Waals surface area (Å²) in [7, 11) is 0. The predicted molar refractivity (Wildman–Crippen MR) is 57.2 cm³/mol. The Kier molecular flexibility index (Phi) is 4.41. The van der Waals surface area contributed by atoms with Crippen molar-refractivity contribution in [3.63, 3.8) is 0 Å². The minimum atomic E-state index is -0.288. The normalized spacial score (nSPS) is 9.40. The molecule has 0 amide bonds. The van der Waals surface area contributed by atoms with Crippen LogP contribution in [0.1, 0.15) is 6.42 Å². The van der Waals surface area contributed by atoms with Crippen LogP contribution in [0.15, 0.2) is 18.2 Å². The van der Waals surface area contributed by atoms with E-state index < -0.39 is 0 Å². The van der Waals surface area contributed by atoms with Gasteiger partial charge in [-0.3, -0.25) is 4.79 Å². The van der Waals surface area contributed by atoms with Crippen LogP contribution in [-0.4, -0.2) is 12.4 Å². The molecule has 3 nitrogen and oxygen atoms in total. The predicted octanol–water partition coefficient (Wildman–Crippen LogP) is 2.85. The quantitative estimate of drug-likeness (QED) is 0.818. The Morgan fingerprint density at radius 2 is 2.20 bits per heavy atom. The van der Waals surface area contributed by atoms with E-state index in [1.165, 1.54) is 6.07 Å². The Bertz CT molecular complexity index is 412. The maximum Gasteiger partial charge on any atom is 0.184 e. The molecule has 1 aromatic carbocycles. The zero-order chi connectivity index (χ0) is 11.3. The third-order valence-corrected chi connectivity index (χ3v) is 2.09. The summed E-state index contributed by atoms with van der Waals surface area (Å²) in [5.74, 6) is 0.0934. The molecule has 78 valence electrons. The van der Waals surface area contributed by atoms with Crippen LogP contribution in [-0.2, 0) is 4.79 Å². The first-order valence-electron chi connectivity index (χ1n) is 4.10. The summed E-state index contributed by atoms with van der Waals surface area (Å²) in [4.78, 5) is 11.0. The number of benzene rings is 1. The molecule has 0 spiro atoms. The highest BCUT2D eigenvalue weighted by Crippen LogP contribution is 2.27. The van der Waals surface area contributed by atoms with E-state index in [-0.39, 0.29) is 18.8 Å². The summed E-state index contributed by atoms with van der Waals surface area (Å²) in [5.41, 5.74) is 0. The number of carbonyl (C=O) groups excluding carboxylic acids is 1. The molecule has 0 heterocycles. The van der Waals surface area contributed by atoms with Crippen LogP contribution in [0.3, 0.4) is 0 Å². The summed E-state index contributed by atoms with van der Waals surface area (Å²) in [5, 5.41) is 9.09. The first-order valence-corrected chi connectivity index (χ1v) is 4.85. The van der Waals surface area contributed by atoms with Crippen molar-refractivity contribution >= 4 is 29.0 Å². The lowest BCUT2D eigenvalue weighted by atomic mass is 10.3. The molecule has 1 aromatic rings. The lowest BCUT2D eigenvalue weighted by Crippen LogP contribution is -2.10. The van der Waals surface area contributed by atoms with Crippen molar-refractivity contribution in [1.29, 1.82) is 5.26 Å². The van der Waals surface area contributed by atoms with Crippen LogP contribution < -0.4 is 4.74 Å². The number of ketones is 1. The highest BCUT2D eigenvalue weighted by Gasteiger charge is 2.05. The monoisotopic (exact) mass is 243 g/mol. The number of ether oxygens (including phenoxy) is 1. The molecule has 0 aliphatic carbocycles. The van der Waals surface area contributed by atoms with Gasteiger partial charge >= 0.3 is 0 Å². The van der Waals surface area contributed by atoms with E-state index in [0.717, 1.165) is 0 Å². The van der Waals surface area contributed by atoms with Crippen LogP contribution in [0.4, 0.5) is 0 Å². The summed E-state index contributed by atoms with van der Waals surface area (Å²) in [6.07, 6.45) is -0.161. The molecule has 0 bridgehead atoms. The number of hydrogen-bond acceptors (Lipinski definition) is 3. The molecule has 0 radical (unpaired) electrons. The Labute approximate surface area is 97.2 Å². The largest absolute Gasteiger partial charge is 0.484 e. The first kappa shape index (κ1) is 11.8. The Hall–Kier alpha value is -1.24. The second kappa shape index (κ2) is 5.59. The highest BCUT2D eigenvalue weighted by molar-refractivity contribution is 6.35. The summed E-state index contributed by atoms with van der Waals surface area (Å²) in [6.45, 7) is -0.158. The number of nitriles is 1. The average Bonchev–Trinajstić information content (AvgIpc) is 2.17. The second-order valence-corrected chi connectivity index (χ2v) is 3.58. The molecule has 0 saturated carbocycles. The van der Waals surface area contributed by atoms with E-state index in [2.05, 4.69) is 0 Å². The highest BCUT2D eigenvalue weighted by atomic mass is 35.5. The summed E-state index contributed by atoms with van der Waals surface area (Å²) in [6, 6.07) is 6.45. The zero-order valence-electron chi connectivity index (χ0n) is 7.67. The molecule has 15 heavy (non-hydrogen) atoms. The van der Waals surface area contributed by atoms with Gasteiger partial charge in [0, 0.05) is 5.02 Å². The molecule has 5 heteroatoms. The number of hydrogen-bond donors (Lipinski definition) is 0. The van der Waals surface area contributed by atoms with E-state index in [9.17, 15) is 4.79 Å². The summed E-state index contributed by atoms with van der Waals surface area (Å²) >= 11 is 11.5. The minimum absolute atomic E-state index is 0.158. The maximum absolute atomic E-state index is 11.0. The number of Topliss-reactive ketones (excluding diaryl/α,β-unsaturated/α-hetero) is 1. The van der Waals surface area contributed by atoms with Gasteiger partial charge < -0.3 is 4.74 Å². The van der Waals surface area contributed by atoms with E-state index in [0.29, 0.717) is 15.8 Å². The molecular formula is C10H7Cl2NO2. The number of carbonyl (C=O) groups is 1. The van der Waals surface area contributed by atoms with Gasteiger partial charge in [-0.1, -0.05) is 23.2 Å². The topological polar surface area (TPSA) is 50.1 Å². The molecule has 0 saturated heterocycles. The van der Waals surface area contributed by atoms with Crippen LogP contribution in [0, 0.1) is 11.3 Å². The van der Waals surface area contributed by atoms with Crippen LogP contribution >= 0.6 is 23.2 Å². The number of halogens is 2. The van der Waals surface area contributed by atoms with Crippen LogP contribution in [0.5, 0.6) is 5.75 Å². The number of rotatable bonds is 4. The Morgan fingerprint density at radius 1 is 1.47 bits per heavy atom. The van der Waals surface area contributed by atoms with Gasteiger partial charge in [-0.25, -0.2) is 0 Å². The van der Waals surface area contributed by atoms with Crippen LogP contribution in [0.2, 0.25) is 10.0 Å². The maximum atomic E-state index is 11.0. The molecule has 0 atom stereocenters. The second-order valence-electron chi connectivity index (χ2n) is 2.74. The van der Waals surface area contributed by atoms with Gasteiger partial charge in [-0.2, -0.15) is 5.26 Å². The van der Waals surface area contributed by atoms with Crippen LogP contribution in [0.25, 0.3) is 0 Å². The Morgan fingerprint density at radius 3 is 2.80 bits per heavy atom. The van der Waals surface area contributed by atoms with E-state index in [1.807, 2.05) is 0 Å². The number of nitrogens with zero attached hydrogens (tertiary/aromatic N) is 1. The lowest BCUT2D eigenvalue weighted by molar-refractivity contribution is -0.120. The molecule has 0 unspecified atom stereocenters. The molecular weight excluding hydrogens is 237 g/mol. The fourth-order valence-corrected chi connectivity index (χ4v) is 1.35. The molecule has 0 N–H and O–H groups in total. The van der Waals surface area contributed by atoms with Gasteiger partial charge in [0.25, 0.3) is 0 Å².